The molecule has 0 aliphatic rings. The topological polar surface area (TPSA) is 49.4 Å². The fourth-order valence-electron chi connectivity index (χ4n) is 2.23. The van der Waals surface area contributed by atoms with Crippen LogP contribution in [0.1, 0.15) is 37.8 Å². The number of hydrogen-bond acceptors (Lipinski definition) is 3. The van der Waals surface area contributed by atoms with E-state index in [1.807, 2.05) is 40.0 Å². The Bertz CT molecular complexity index is 521. The van der Waals surface area contributed by atoms with Crippen LogP contribution in [0.4, 0.5) is 0 Å². The zero-order chi connectivity index (χ0) is 15.2. The molecule has 0 saturated carbocycles. The van der Waals surface area contributed by atoms with Crippen LogP contribution in [-0.4, -0.2) is 32.9 Å². The van der Waals surface area contributed by atoms with E-state index in [-0.39, 0.29) is 0 Å². The highest BCUT2D eigenvalue weighted by molar-refractivity contribution is 7.89. The lowest BCUT2D eigenvalue weighted by atomic mass is 10.1. The number of nitrogens with one attached hydrogen (secondary N) is 1. The van der Waals surface area contributed by atoms with Gasteiger partial charge in [-0.05, 0) is 44.0 Å². The molecule has 0 aliphatic heterocycles. The summed E-state index contributed by atoms with van der Waals surface area (Å²) in [5.74, 6) is 0. The second-order valence-corrected chi connectivity index (χ2v) is 6.94. The lowest BCUT2D eigenvalue weighted by Gasteiger charge is -2.22. The Morgan fingerprint density at radius 1 is 1.15 bits per heavy atom. The number of rotatable bonds is 8. The van der Waals surface area contributed by atoms with E-state index in [0.717, 1.165) is 24.0 Å². The average molecular weight is 298 g/mol. The lowest BCUT2D eigenvalue weighted by molar-refractivity contribution is 0.409. The molecule has 0 atom stereocenters. The van der Waals surface area contributed by atoms with Gasteiger partial charge in [-0.1, -0.05) is 26.0 Å². The predicted octanol–water partition coefficient (Wildman–Crippen LogP) is 2.53. The van der Waals surface area contributed by atoms with Gasteiger partial charge in [-0.15, -0.1) is 0 Å². The second kappa shape index (κ2) is 7.76. The summed E-state index contributed by atoms with van der Waals surface area (Å²) in [7, 11) is -1.54. The third-order valence-electron chi connectivity index (χ3n) is 3.20. The minimum absolute atomic E-state index is 0.437. The molecular weight excluding hydrogens is 272 g/mol. The van der Waals surface area contributed by atoms with Gasteiger partial charge in [0.25, 0.3) is 0 Å². The van der Waals surface area contributed by atoms with Crippen LogP contribution in [0.15, 0.2) is 23.1 Å². The molecule has 0 unspecified atom stereocenters. The number of sulfonamides is 1. The Kier molecular flexibility index (Phi) is 6.65. The van der Waals surface area contributed by atoms with Crippen LogP contribution >= 0.6 is 0 Å². The van der Waals surface area contributed by atoms with Gasteiger partial charge in [0.2, 0.25) is 10.0 Å². The molecule has 114 valence electrons. The Morgan fingerprint density at radius 3 is 2.25 bits per heavy atom. The van der Waals surface area contributed by atoms with Gasteiger partial charge in [0.15, 0.2) is 0 Å². The van der Waals surface area contributed by atoms with Crippen LogP contribution in [0.25, 0.3) is 0 Å². The normalized spacial score (nSPS) is 12.1. The maximum atomic E-state index is 12.8. The average Bonchev–Trinajstić information content (AvgIpc) is 2.41. The minimum Gasteiger partial charge on any atom is -0.316 e. The van der Waals surface area contributed by atoms with Crippen LogP contribution in [0.2, 0.25) is 0 Å². The first kappa shape index (κ1) is 17.1. The first-order valence-corrected chi connectivity index (χ1v) is 8.65. The van der Waals surface area contributed by atoms with Crippen molar-refractivity contribution in [3.8, 4) is 0 Å². The summed E-state index contributed by atoms with van der Waals surface area (Å²) in [5.41, 5.74) is 1.80. The van der Waals surface area contributed by atoms with Gasteiger partial charge in [-0.2, -0.15) is 4.31 Å². The first-order valence-electron chi connectivity index (χ1n) is 7.21. The summed E-state index contributed by atoms with van der Waals surface area (Å²) >= 11 is 0. The second-order valence-electron chi connectivity index (χ2n) is 5.03. The summed E-state index contributed by atoms with van der Waals surface area (Å²) in [4.78, 5) is 0.437. The Balaban J connectivity index is 3.21. The maximum Gasteiger partial charge on any atom is 0.243 e. The van der Waals surface area contributed by atoms with Crippen molar-refractivity contribution >= 4 is 10.0 Å². The van der Waals surface area contributed by atoms with Crippen molar-refractivity contribution in [3.05, 3.63) is 29.3 Å². The summed E-state index contributed by atoms with van der Waals surface area (Å²) in [6.07, 6.45) is 1.66. The summed E-state index contributed by atoms with van der Waals surface area (Å²) < 4.78 is 27.2. The summed E-state index contributed by atoms with van der Waals surface area (Å²) in [6.45, 7) is 7.68. The molecule has 0 aromatic heterocycles. The Labute approximate surface area is 123 Å². The molecule has 0 bridgehead atoms. The SMILES string of the molecule is CCCN(CCC)S(=O)(=O)c1cc(CNC)ccc1C. The molecule has 0 radical (unpaired) electrons. The van der Waals surface area contributed by atoms with Crippen molar-refractivity contribution in [1.82, 2.24) is 9.62 Å². The smallest absolute Gasteiger partial charge is 0.243 e. The fourth-order valence-corrected chi connectivity index (χ4v) is 4.13. The molecule has 1 aromatic rings. The fraction of sp³-hybridized carbons (Fsp3) is 0.600. The van der Waals surface area contributed by atoms with Crippen molar-refractivity contribution in [3.63, 3.8) is 0 Å². The number of hydrogen-bond donors (Lipinski definition) is 1. The molecule has 4 nitrogen and oxygen atoms in total. The molecule has 0 heterocycles. The van der Waals surface area contributed by atoms with Gasteiger partial charge in [0.05, 0.1) is 4.90 Å². The van der Waals surface area contributed by atoms with Crippen LogP contribution in [0.3, 0.4) is 0 Å². The van der Waals surface area contributed by atoms with Crippen molar-refractivity contribution < 1.29 is 8.42 Å². The van der Waals surface area contributed by atoms with E-state index in [4.69, 9.17) is 0 Å². The zero-order valence-electron chi connectivity index (χ0n) is 12.9. The monoisotopic (exact) mass is 298 g/mol. The highest BCUT2D eigenvalue weighted by Crippen LogP contribution is 2.22. The van der Waals surface area contributed by atoms with E-state index >= 15 is 0 Å². The van der Waals surface area contributed by atoms with Gasteiger partial charge < -0.3 is 5.32 Å². The van der Waals surface area contributed by atoms with E-state index in [1.165, 1.54) is 0 Å². The van der Waals surface area contributed by atoms with Crippen LogP contribution in [0.5, 0.6) is 0 Å². The highest BCUT2D eigenvalue weighted by atomic mass is 32.2. The lowest BCUT2D eigenvalue weighted by Crippen LogP contribution is -2.33. The molecule has 1 N–H and O–H groups in total. The standard InChI is InChI=1S/C15H26N2O2S/c1-5-9-17(10-6-2)20(18,19)15-11-14(12-16-4)8-7-13(15)3/h7-8,11,16H,5-6,9-10,12H2,1-4H3. The third kappa shape index (κ3) is 4.04. The molecule has 5 heteroatoms. The minimum atomic E-state index is -3.39. The number of benzene rings is 1. The largest absolute Gasteiger partial charge is 0.316 e. The molecule has 20 heavy (non-hydrogen) atoms. The predicted molar refractivity (Wildman–Crippen MR) is 83.3 cm³/mol. The van der Waals surface area contributed by atoms with Crippen molar-refractivity contribution in [2.45, 2.75) is 45.1 Å². The van der Waals surface area contributed by atoms with Crippen molar-refractivity contribution in [2.75, 3.05) is 20.1 Å². The van der Waals surface area contributed by atoms with Crippen LogP contribution in [-0.2, 0) is 16.6 Å². The maximum absolute atomic E-state index is 12.8. The summed E-state index contributed by atoms with van der Waals surface area (Å²) in [5, 5.41) is 3.05. The van der Waals surface area contributed by atoms with Gasteiger partial charge >= 0.3 is 0 Å². The number of aryl methyl sites for hydroxylation is 1. The molecule has 1 aromatic carbocycles. The molecule has 0 spiro atoms. The van der Waals surface area contributed by atoms with E-state index < -0.39 is 10.0 Å². The van der Waals surface area contributed by atoms with Crippen LogP contribution < -0.4 is 5.32 Å². The molecule has 1 rings (SSSR count). The molecule has 0 fully saturated rings. The van der Waals surface area contributed by atoms with Gasteiger partial charge in [0.1, 0.15) is 0 Å². The van der Waals surface area contributed by atoms with Crippen molar-refractivity contribution in [1.29, 1.82) is 0 Å². The third-order valence-corrected chi connectivity index (χ3v) is 5.24. The van der Waals surface area contributed by atoms with Crippen LogP contribution in [0, 0.1) is 6.92 Å². The van der Waals surface area contributed by atoms with Gasteiger partial charge in [0, 0.05) is 19.6 Å². The van der Waals surface area contributed by atoms with E-state index in [0.29, 0.717) is 24.5 Å². The van der Waals surface area contributed by atoms with E-state index in [1.54, 1.807) is 10.4 Å². The first-order chi connectivity index (χ1) is 9.47. The molecular formula is C15H26N2O2S. The van der Waals surface area contributed by atoms with E-state index in [2.05, 4.69) is 5.32 Å². The van der Waals surface area contributed by atoms with Gasteiger partial charge in [-0.25, -0.2) is 8.42 Å². The molecule has 0 aliphatic carbocycles. The van der Waals surface area contributed by atoms with Crippen molar-refractivity contribution in [2.24, 2.45) is 0 Å². The Hall–Kier alpha value is -0.910. The molecule has 0 amide bonds. The quantitative estimate of drug-likeness (QED) is 0.802. The summed E-state index contributed by atoms with van der Waals surface area (Å²) in [6, 6.07) is 5.64. The molecule has 0 saturated heterocycles. The van der Waals surface area contributed by atoms with Gasteiger partial charge in [-0.3, -0.25) is 0 Å². The number of nitrogens with zero attached hydrogens (tertiary/aromatic N) is 1. The Morgan fingerprint density at radius 2 is 1.75 bits per heavy atom. The highest BCUT2D eigenvalue weighted by Gasteiger charge is 2.24. The van der Waals surface area contributed by atoms with E-state index in [9.17, 15) is 8.42 Å². The zero-order valence-corrected chi connectivity index (χ0v) is 13.8.